The van der Waals surface area contributed by atoms with Crippen molar-refractivity contribution >= 4 is 33.6 Å². The Bertz CT molecular complexity index is 1130. The quantitative estimate of drug-likeness (QED) is 0.578. The standard InChI is InChI=1S/C17H15N5O6S/c18-7-10-2-1-3-13(4-10)29(27,28)22-9-12(21-17(25)26)5-14-15(22)6-11(8-19-14)20-16(23)24/h1-4,6,8,12,20-21H,5,9H2,(H,23,24)(H,25,26). The molecule has 11 nitrogen and oxygen atoms in total. The number of sulfonamides is 1. The SMILES string of the molecule is N#Cc1cccc(S(=O)(=O)N2CC(NC(=O)O)Cc3ncc(NC(=O)O)cc32)c1. The number of nitrogens with zero attached hydrogens (tertiary/aromatic N) is 3. The molecule has 1 unspecified atom stereocenters. The van der Waals surface area contributed by atoms with Gasteiger partial charge in [0.15, 0.2) is 0 Å². The van der Waals surface area contributed by atoms with E-state index in [0.29, 0.717) is 0 Å². The highest BCUT2D eigenvalue weighted by atomic mass is 32.2. The zero-order valence-electron chi connectivity index (χ0n) is 14.7. The molecule has 3 rings (SSSR count). The Hall–Kier alpha value is -3.85. The van der Waals surface area contributed by atoms with Crippen LogP contribution in [-0.2, 0) is 16.4 Å². The van der Waals surface area contributed by atoms with E-state index in [-0.39, 0.29) is 40.5 Å². The maximum absolute atomic E-state index is 13.3. The molecule has 1 aliphatic heterocycles. The third-order valence-electron chi connectivity index (χ3n) is 4.17. The number of amides is 2. The maximum Gasteiger partial charge on any atom is 0.409 e. The zero-order valence-corrected chi connectivity index (χ0v) is 15.5. The Labute approximate surface area is 165 Å². The van der Waals surface area contributed by atoms with Gasteiger partial charge >= 0.3 is 12.2 Å². The van der Waals surface area contributed by atoms with Crippen molar-refractivity contribution in [2.24, 2.45) is 0 Å². The van der Waals surface area contributed by atoms with Gasteiger partial charge in [-0.2, -0.15) is 5.26 Å². The number of pyridine rings is 1. The summed E-state index contributed by atoms with van der Waals surface area (Å²) < 4.78 is 27.5. The molecule has 0 radical (unpaired) electrons. The average molecular weight is 417 g/mol. The molecule has 2 aromatic rings. The second kappa shape index (κ2) is 7.64. The Morgan fingerprint density at radius 2 is 2.00 bits per heavy atom. The smallest absolute Gasteiger partial charge is 0.409 e. The van der Waals surface area contributed by atoms with Gasteiger partial charge in [0.05, 0.1) is 52.4 Å². The van der Waals surface area contributed by atoms with E-state index in [0.717, 1.165) is 4.31 Å². The van der Waals surface area contributed by atoms with Crippen LogP contribution < -0.4 is 14.9 Å². The van der Waals surface area contributed by atoms with Crippen molar-refractivity contribution in [3.63, 3.8) is 0 Å². The van der Waals surface area contributed by atoms with Crippen molar-refractivity contribution in [2.75, 3.05) is 16.2 Å². The summed E-state index contributed by atoms with van der Waals surface area (Å²) in [7, 11) is -4.19. The van der Waals surface area contributed by atoms with Crippen LogP contribution >= 0.6 is 0 Å². The number of aromatic nitrogens is 1. The van der Waals surface area contributed by atoms with Crippen LogP contribution in [0.5, 0.6) is 0 Å². The molecule has 0 bridgehead atoms. The molecule has 2 amide bonds. The van der Waals surface area contributed by atoms with Gasteiger partial charge in [-0.3, -0.25) is 14.6 Å². The predicted molar refractivity (Wildman–Crippen MR) is 100 cm³/mol. The summed E-state index contributed by atoms with van der Waals surface area (Å²) in [4.78, 5) is 25.9. The normalized spacial score (nSPS) is 15.7. The Morgan fingerprint density at radius 1 is 1.24 bits per heavy atom. The van der Waals surface area contributed by atoms with E-state index >= 15 is 0 Å². The molecule has 150 valence electrons. The molecule has 1 atom stereocenters. The number of nitriles is 1. The summed E-state index contributed by atoms with van der Waals surface area (Å²) in [6.07, 6.45) is -1.31. The van der Waals surface area contributed by atoms with Crippen molar-refractivity contribution in [1.29, 1.82) is 5.26 Å². The van der Waals surface area contributed by atoms with E-state index in [1.807, 2.05) is 6.07 Å². The first-order valence-corrected chi connectivity index (χ1v) is 9.66. The Balaban J connectivity index is 2.11. The second-order valence-electron chi connectivity index (χ2n) is 6.15. The number of nitrogens with one attached hydrogen (secondary N) is 2. The molecule has 1 aromatic heterocycles. The van der Waals surface area contributed by atoms with Crippen LogP contribution in [0.1, 0.15) is 11.3 Å². The highest BCUT2D eigenvalue weighted by Gasteiger charge is 2.35. The number of hydrogen-bond acceptors (Lipinski definition) is 6. The van der Waals surface area contributed by atoms with Crippen LogP contribution in [0.3, 0.4) is 0 Å². The minimum absolute atomic E-state index is 0.0619. The predicted octanol–water partition coefficient (Wildman–Crippen LogP) is 1.43. The third-order valence-corrected chi connectivity index (χ3v) is 5.95. The van der Waals surface area contributed by atoms with Crippen LogP contribution in [-0.4, -0.2) is 48.4 Å². The van der Waals surface area contributed by atoms with E-state index in [2.05, 4.69) is 15.6 Å². The third kappa shape index (κ3) is 4.19. The van der Waals surface area contributed by atoms with Crippen molar-refractivity contribution in [2.45, 2.75) is 17.4 Å². The molecule has 0 saturated heterocycles. The molecule has 0 fully saturated rings. The van der Waals surface area contributed by atoms with Gasteiger partial charge < -0.3 is 15.5 Å². The van der Waals surface area contributed by atoms with Gasteiger partial charge in [0.1, 0.15) is 0 Å². The number of hydrogen-bond donors (Lipinski definition) is 4. The summed E-state index contributed by atoms with van der Waals surface area (Å²) >= 11 is 0. The van der Waals surface area contributed by atoms with E-state index < -0.39 is 28.3 Å². The van der Waals surface area contributed by atoms with Crippen molar-refractivity contribution in [1.82, 2.24) is 10.3 Å². The minimum atomic E-state index is -4.19. The van der Waals surface area contributed by atoms with Gasteiger partial charge in [0, 0.05) is 6.42 Å². The second-order valence-corrected chi connectivity index (χ2v) is 8.01. The number of carbonyl (C=O) groups is 2. The van der Waals surface area contributed by atoms with Crippen LogP contribution in [0.2, 0.25) is 0 Å². The minimum Gasteiger partial charge on any atom is -0.465 e. The molecule has 1 aliphatic rings. The summed E-state index contributed by atoms with van der Waals surface area (Å²) in [6, 6.07) is 7.81. The van der Waals surface area contributed by atoms with Gasteiger partial charge in [-0.05, 0) is 24.3 Å². The van der Waals surface area contributed by atoms with Gasteiger partial charge in [0.25, 0.3) is 10.0 Å². The van der Waals surface area contributed by atoms with Crippen LogP contribution in [0.15, 0.2) is 41.4 Å². The maximum atomic E-state index is 13.3. The number of benzene rings is 1. The van der Waals surface area contributed by atoms with Crippen LogP contribution in [0.25, 0.3) is 0 Å². The molecule has 1 aromatic carbocycles. The Morgan fingerprint density at radius 3 is 2.66 bits per heavy atom. The average Bonchev–Trinajstić information content (AvgIpc) is 2.66. The molecule has 4 N–H and O–H groups in total. The molecular formula is C17H15N5O6S. The topological polar surface area (TPSA) is 173 Å². The first-order chi connectivity index (χ1) is 13.7. The molecule has 29 heavy (non-hydrogen) atoms. The van der Waals surface area contributed by atoms with Crippen molar-refractivity contribution in [3.05, 3.63) is 47.8 Å². The monoisotopic (exact) mass is 417 g/mol. The van der Waals surface area contributed by atoms with Crippen LogP contribution in [0.4, 0.5) is 21.0 Å². The Kier molecular flexibility index (Phi) is 5.24. The van der Waals surface area contributed by atoms with Crippen molar-refractivity contribution < 1.29 is 28.2 Å². The highest BCUT2D eigenvalue weighted by Crippen LogP contribution is 2.33. The summed E-state index contributed by atoms with van der Waals surface area (Å²) in [5.41, 5.74) is 0.614. The lowest BCUT2D eigenvalue weighted by atomic mass is 10.0. The van der Waals surface area contributed by atoms with Crippen LogP contribution in [0, 0.1) is 11.3 Å². The first kappa shape index (κ1) is 19.9. The van der Waals surface area contributed by atoms with Gasteiger partial charge in [-0.25, -0.2) is 18.0 Å². The number of carboxylic acid groups (broad SMARTS) is 2. The fourth-order valence-corrected chi connectivity index (χ4v) is 4.57. The van der Waals surface area contributed by atoms with Gasteiger partial charge in [0.2, 0.25) is 0 Å². The molecule has 0 spiro atoms. The molecule has 2 heterocycles. The lowest BCUT2D eigenvalue weighted by Crippen LogP contribution is -2.50. The number of anilines is 2. The number of rotatable bonds is 4. The molecule has 0 aliphatic carbocycles. The van der Waals surface area contributed by atoms with E-state index in [4.69, 9.17) is 15.5 Å². The van der Waals surface area contributed by atoms with E-state index in [9.17, 15) is 18.0 Å². The van der Waals surface area contributed by atoms with Crippen molar-refractivity contribution in [3.8, 4) is 6.07 Å². The van der Waals surface area contributed by atoms with Gasteiger partial charge in [-0.15, -0.1) is 0 Å². The summed E-state index contributed by atoms with van der Waals surface area (Å²) in [5.74, 6) is 0. The summed E-state index contributed by atoms with van der Waals surface area (Å²) in [6.45, 7) is -0.226. The molecular weight excluding hydrogens is 402 g/mol. The van der Waals surface area contributed by atoms with E-state index in [1.54, 1.807) is 0 Å². The summed E-state index contributed by atoms with van der Waals surface area (Å²) in [5, 5.41) is 31.3. The molecule has 0 saturated carbocycles. The lowest BCUT2D eigenvalue weighted by Gasteiger charge is -2.34. The van der Waals surface area contributed by atoms with Gasteiger partial charge in [-0.1, -0.05) is 6.07 Å². The largest absolute Gasteiger partial charge is 0.465 e. The lowest BCUT2D eigenvalue weighted by molar-refractivity contribution is 0.189. The zero-order chi connectivity index (χ0) is 21.2. The highest BCUT2D eigenvalue weighted by molar-refractivity contribution is 7.92. The molecule has 12 heteroatoms. The number of fused-ring (bicyclic) bond motifs is 1. The fraction of sp³-hybridized carbons (Fsp3) is 0.176. The first-order valence-electron chi connectivity index (χ1n) is 8.22. The fourth-order valence-electron chi connectivity index (χ4n) is 3.00. The van der Waals surface area contributed by atoms with E-state index in [1.165, 1.54) is 36.5 Å².